The highest BCUT2D eigenvalue weighted by Crippen LogP contribution is 2.22. The quantitative estimate of drug-likeness (QED) is 0.651. The third-order valence-corrected chi connectivity index (χ3v) is 2.26. The van der Waals surface area contributed by atoms with E-state index in [0.717, 1.165) is 16.9 Å². The Morgan fingerprint density at radius 3 is 2.92 bits per heavy atom. The van der Waals surface area contributed by atoms with Crippen LogP contribution in [-0.2, 0) is 7.05 Å². The fraction of sp³-hybridized carbons (Fsp3) is 0.222. The SMILES string of the molecule is Cc1nc2c(NO)cccc2n1C. The first kappa shape index (κ1) is 8.07. The van der Waals surface area contributed by atoms with E-state index in [1.54, 1.807) is 6.07 Å². The number of hydrogen-bond acceptors (Lipinski definition) is 3. The fourth-order valence-electron chi connectivity index (χ4n) is 1.42. The molecule has 0 saturated carbocycles. The number of benzene rings is 1. The number of aromatic nitrogens is 2. The van der Waals surface area contributed by atoms with Gasteiger partial charge in [0.15, 0.2) is 0 Å². The van der Waals surface area contributed by atoms with Gasteiger partial charge >= 0.3 is 0 Å². The third-order valence-electron chi connectivity index (χ3n) is 2.26. The van der Waals surface area contributed by atoms with Crippen LogP contribution in [0.25, 0.3) is 11.0 Å². The molecule has 1 aromatic carbocycles. The van der Waals surface area contributed by atoms with Crippen molar-refractivity contribution in [3.8, 4) is 0 Å². The van der Waals surface area contributed by atoms with Crippen molar-refractivity contribution in [3.05, 3.63) is 24.0 Å². The van der Waals surface area contributed by atoms with Crippen molar-refractivity contribution in [2.45, 2.75) is 6.92 Å². The Hall–Kier alpha value is -1.55. The highest BCUT2D eigenvalue weighted by Gasteiger charge is 2.06. The van der Waals surface area contributed by atoms with Crippen LogP contribution in [0.3, 0.4) is 0 Å². The van der Waals surface area contributed by atoms with Crippen molar-refractivity contribution >= 4 is 16.7 Å². The lowest BCUT2D eigenvalue weighted by atomic mass is 10.3. The van der Waals surface area contributed by atoms with E-state index in [1.165, 1.54) is 0 Å². The number of aryl methyl sites for hydroxylation is 2. The van der Waals surface area contributed by atoms with E-state index in [2.05, 4.69) is 10.5 Å². The van der Waals surface area contributed by atoms with Crippen LogP contribution in [0.2, 0.25) is 0 Å². The molecule has 1 aromatic heterocycles. The lowest BCUT2D eigenvalue weighted by molar-refractivity contribution is 0.389. The molecular formula is C9H11N3O. The molecule has 1 heterocycles. The molecule has 4 nitrogen and oxygen atoms in total. The van der Waals surface area contributed by atoms with Gasteiger partial charge in [-0.2, -0.15) is 0 Å². The molecule has 0 amide bonds. The minimum atomic E-state index is 0.640. The van der Waals surface area contributed by atoms with Crippen LogP contribution in [0, 0.1) is 6.92 Å². The summed E-state index contributed by atoms with van der Waals surface area (Å²) in [6.07, 6.45) is 0. The average molecular weight is 177 g/mol. The number of nitrogens with zero attached hydrogens (tertiary/aromatic N) is 2. The lowest BCUT2D eigenvalue weighted by Crippen LogP contribution is -1.91. The Bertz CT molecular complexity index is 447. The Labute approximate surface area is 75.8 Å². The third kappa shape index (κ3) is 1.07. The second kappa shape index (κ2) is 2.74. The number of imidazole rings is 1. The molecule has 0 saturated heterocycles. The normalized spacial score (nSPS) is 10.7. The summed E-state index contributed by atoms with van der Waals surface area (Å²) < 4.78 is 1.98. The van der Waals surface area contributed by atoms with Gasteiger partial charge in [-0.15, -0.1) is 0 Å². The van der Waals surface area contributed by atoms with Gasteiger partial charge in [-0.05, 0) is 19.1 Å². The van der Waals surface area contributed by atoms with Crippen LogP contribution < -0.4 is 5.48 Å². The molecule has 0 atom stereocenters. The maximum atomic E-state index is 8.84. The molecule has 0 spiro atoms. The molecule has 2 N–H and O–H groups in total. The van der Waals surface area contributed by atoms with Crippen molar-refractivity contribution in [3.63, 3.8) is 0 Å². The van der Waals surface area contributed by atoms with Gasteiger partial charge in [0.1, 0.15) is 11.3 Å². The highest BCUT2D eigenvalue weighted by atomic mass is 16.5. The summed E-state index contributed by atoms with van der Waals surface area (Å²) in [7, 11) is 1.95. The first-order valence-electron chi connectivity index (χ1n) is 4.06. The predicted octanol–water partition coefficient (Wildman–Crippen LogP) is 1.68. The zero-order valence-corrected chi connectivity index (χ0v) is 7.57. The van der Waals surface area contributed by atoms with Crippen molar-refractivity contribution < 1.29 is 5.21 Å². The van der Waals surface area contributed by atoms with Crippen molar-refractivity contribution in [1.29, 1.82) is 0 Å². The van der Waals surface area contributed by atoms with E-state index in [9.17, 15) is 0 Å². The van der Waals surface area contributed by atoms with Gasteiger partial charge in [0.25, 0.3) is 0 Å². The monoisotopic (exact) mass is 177 g/mol. The van der Waals surface area contributed by atoms with E-state index in [1.807, 2.05) is 30.7 Å². The molecule has 0 unspecified atom stereocenters. The summed E-state index contributed by atoms with van der Waals surface area (Å²) >= 11 is 0. The molecule has 68 valence electrons. The number of rotatable bonds is 1. The van der Waals surface area contributed by atoms with Crippen LogP contribution in [0.1, 0.15) is 5.82 Å². The summed E-state index contributed by atoms with van der Waals surface area (Å²) in [6, 6.07) is 5.63. The van der Waals surface area contributed by atoms with Crippen LogP contribution in [-0.4, -0.2) is 14.8 Å². The van der Waals surface area contributed by atoms with Gasteiger partial charge in [0, 0.05) is 7.05 Å². The van der Waals surface area contributed by atoms with Crippen LogP contribution >= 0.6 is 0 Å². The molecule has 2 aromatic rings. The van der Waals surface area contributed by atoms with Gasteiger partial charge in [0.2, 0.25) is 0 Å². The van der Waals surface area contributed by atoms with Crippen LogP contribution in [0.5, 0.6) is 0 Å². The van der Waals surface area contributed by atoms with Crippen LogP contribution in [0.15, 0.2) is 18.2 Å². The number of nitrogens with one attached hydrogen (secondary N) is 1. The van der Waals surface area contributed by atoms with Gasteiger partial charge in [-0.25, -0.2) is 4.98 Å². The maximum Gasteiger partial charge on any atom is 0.114 e. The van der Waals surface area contributed by atoms with Gasteiger partial charge in [-0.3, -0.25) is 10.7 Å². The Kier molecular flexibility index (Phi) is 1.70. The Morgan fingerprint density at radius 1 is 1.46 bits per heavy atom. The molecule has 0 fully saturated rings. The summed E-state index contributed by atoms with van der Waals surface area (Å²) in [5, 5.41) is 8.84. The molecule has 13 heavy (non-hydrogen) atoms. The standard InChI is InChI=1S/C9H11N3O/c1-6-10-9-7(11-13)4-3-5-8(9)12(6)2/h3-5,11,13H,1-2H3. The van der Waals surface area contributed by atoms with E-state index in [4.69, 9.17) is 5.21 Å². The fourth-order valence-corrected chi connectivity index (χ4v) is 1.42. The first-order chi connectivity index (χ1) is 6.24. The molecule has 0 radical (unpaired) electrons. The van der Waals surface area contributed by atoms with Crippen molar-refractivity contribution in [1.82, 2.24) is 9.55 Å². The minimum absolute atomic E-state index is 0.640. The summed E-state index contributed by atoms with van der Waals surface area (Å²) in [4.78, 5) is 4.32. The van der Waals surface area contributed by atoms with Gasteiger partial charge in [-0.1, -0.05) is 6.07 Å². The van der Waals surface area contributed by atoms with E-state index >= 15 is 0 Å². The van der Waals surface area contributed by atoms with E-state index < -0.39 is 0 Å². The second-order valence-electron chi connectivity index (χ2n) is 3.00. The molecule has 0 aliphatic carbocycles. The predicted molar refractivity (Wildman–Crippen MR) is 50.9 cm³/mol. The van der Waals surface area contributed by atoms with Crippen LogP contribution in [0.4, 0.5) is 5.69 Å². The van der Waals surface area contributed by atoms with Gasteiger partial charge in [0.05, 0.1) is 11.2 Å². The molecule has 2 rings (SSSR count). The maximum absolute atomic E-state index is 8.84. The van der Waals surface area contributed by atoms with Gasteiger partial charge < -0.3 is 4.57 Å². The number of fused-ring (bicyclic) bond motifs is 1. The molecule has 0 aliphatic rings. The largest absolute Gasteiger partial charge is 0.331 e. The Morgan fingerprint density at radius 2 is 2.23 bits per heavy atom. The number of anilines is 1. The first-order valence-corrected chi connectivity index (χ1v) is 4.06. The molecular weight excluding hydrogens is 166 g/mol. The summed E-state index contributed by atoms with van der Waals surface area (Å²) in [5.41, 5.74) is 4.58. The highest BCUT2D eigenvalue weighted by molar-refractivity contribution is 5.88. The second-order valence-corrected chi connectivity index (χ2v) is 3.00. The zero-order chi connectivity index (χ0) is 9.42. The smallest absolute Gasteiger partial charge is 0.114 e. The molecule has 0 aliphatic heterocycles. The van der Waals surface area contributed by atoms with E-state index in [-0.39, 0.29) is 0 Å². The average Bonchev–Trinajstić information content (AvgIpc) is 2.43. The Balaban J connectivity index is 2.84. The lowest BCUT2D eigenvalue weighted by Gasteiger charge is -1.99. The zero-order valence-electron chi connectivity index (χ0n) is 7.57. The van der Waals surface area contributed by atoms with Crippen molar-refractivity contribution in [2.75, 3.05) is 5.48 Å². The molecule has 4 heteroatoms. The van der Waals surface area contributed by atoms with E-state index in [0.29, 0.717) is 5.69 Å². The molecule has 0 bridgehead atoms. The van der Waals surface area contributed by atoms with Crippen molar-refractivity contribution in [2.24, 2.45) is 7.05 Å². The summed E-state index contributed by atoms with van der Waals surface area (Å²) in [6.45, 7) is 1.93. The summed E-state index contributed by atoms with van der Waals surface area (Å²) in [5.74, 6) is 0.928. The topological polar surface area (TPSA) is 50.1 Å². The number of para-hydroxylation sites is 1. The minimum Gasteiger partial charge on any atom is -0.331 e. The number of hydrogen-bond donors (Lipinski definition) is 2.